The van der Waals surface area contributed by atoms with Gasteiger partial charge in [-0.2, -0.15) is 0 Å². The summed E-state index contributed by atoms with van der Waals surface area (Å²) in [5.74, 6) is -1.37. The Morgan fingerprint density at radius 2 is 0.586 bits per heavy atom. The van der Waals surface area contributed by atoms with Crippen molar-refractivity contribution in [2.75, 3.05) is 9.80 Å². The van der Waals surface area contributed by atoms with E-state index in [-0.39, 0.29) is 23.3 Å². The van der Waals surface area contributed by atoms with Crippen LogP contribution in [0.2, 0.25) is 0 Å². The monoisotopic (exact) mass is 764 g/mol. The summed E-state index contributed by atoms with van der Waals surface area (Å²) in [6.07, 6.45) is 0. The molecule has 0 atom stereocenters. The summed E-state index contributed by atoms with van der Waals surface area (Å²) in [6, 6.07) is 49.1. The molecule has 278 valence electrons. The smallest absolute Gasteiger partial charge is 0.143 e. The van der Waals surface area contributed by atoms with Gasteiger partial charge in [0.15, 0.2) is 0 Å². The molecule has 2 aromatic heterocycles. The molecule has 0 saturated heterocycles. The van der Waals surface area contributed by atoms with Crippen molar-refractivity contribution in [3.63, 3.8) is 0 Å². The Kier molecular flexibility index (Phi) is 7.56. The highest BCUT2D eigenvalue weighted by Crippen LogP contribution is 2.45. The van der Waals surface area contributed by atoms with E-state index in [1.165, 1.54) is 48.5 Å². The van der Waals surface area contributed by atoms with Gasteiger partial charge in [0, 0.05) is 66.4 Å². The fraction of sp³-hybridized carbons (Fsp3) is 0. The van der Waals surface area contributed by atoms with Crippen LogP contribution < -0.4 is 9.80 Å². The van der Waals surface area contributed by atoms with E-state index in [4.69, 9.17) is 8.83 Å². The van der Waals surface area contributed by atoms with E-state index in [9.17, 15) is 17.6 Å². The normalized spacial score (nSPS) is 11.8. The minimum atomic E-state index is -0.344. The zero-order valence-corrected chi connectivity index (χ0v) is 30.4. The second kappa shape index (κ2) is 13.0. The summed E-state index contributed by atoms with van der Waals surface area (Å²) in [5, 5.41) is 7.50. The van der Waals surface area contributed by atoms with Crippen LogP contribution in [0.15, 0.2) is 179 Å². The van der Waals surface area contributed by atoms with Gasteiger partial charge in [0.05, 0.1) is 0 Å². The van der Waals surface area contributed by atoms with Crippen molar-refractivity contribution in [1.29, 1.82) is 0 Å². The predicted octanol–water partition coefficient (Wildman–Crippen LogP) is 15.3. The minimum Gasteiger partial charge on any atom is -0.455 e. The molecule has 4 nitrogen and oxygen atoms in total. The molecule has 0 fully saturated rings. The van der Waals surface area contributed by atoms with Gasteiger partial charge in [-0.15, -0.1) is 0 Å². The lowest BCUT2D eigenvalue weighted by Crippen LogP contribution is -2.10. The number of hydrogen-bond acceptors (Lipinski definition) is 4. The second-order valence-corrected chi connectivity index (χ2v) is 14.3. The van der Waals surface area contributed by atoms with Gasteiger partial charge in [-0.05, 0) is 168 Å². The number of fused-ring (bicyclic) bond motifs is 11. The van der Waals surface area contributed by atoms with Crippen LogP contribution in [0.25, 0.3) is 65.4 Å². The van der Waals surface area contributed by atoms with Crippen LogP contribution in [0.1, 0.15) is 0 Å². The Balaban J connectivity index is 1.04. The molecular formula is C50H28F4N2O2. The van der Waals surface area contributed by atoms with E-state index in [1.54, 1.807) is 48.5 Å². The molecule has 0 aliphatic heterocycles. The third kappa shape index (κ3) is 5.44. The summed E-state index contributed by atoms with van der Waals surface area (Å²) in [7, 11) is 0. The molecule has 8 heteroatoms. The molecular weight excluding hydrogens is 737 g/mol. The standard InChI is InChI=1S/C50H28F4N2O2/c51-31-3-11-35(12-4-31)55(36-13-5-32(52)6-14-36)39-19-23-41-29(27-39)1-21-43-47-45(57-49(41)43)25-26-46-48(47)44-22-2-30-28-40(20-24-42(30)50(44)58-46)56(37-15-7-33(53)8-16-37)38-17-9-34(54)10-18-38/h1-28H. The van der Waals surface area contributed by atoms with Crippen molar-refractivity contribution in [2.45, 2.75) is 0 Å². The van der Waals surface area contributed by atoms with E-state index in [2.05, 4.69) is 24.3 Å². The summed E-state index contributed by atoms with van der Waals surface area (Å²) in [6.45, 7) is 0. The minimum absolute atomic E-state index is 0.344. The van der Waals surface area contributed by atoms with Crippen molar-refractivity contribution in [3.8, 4) is 0 Å². The summed E-state index contributed by atoms with van der Waals surface area (Å²) in [4.78, 5) is 3.91. The first kappa shape index (κ1) is 33.7. The highest BCUT2D eigenvalue weighted by atomic mass is 19.1. The molecule has 9 aromatic carbocycles. The van der Waals surface area contributed by atoms with E-state index in [0.717, 1.165) is 99.5 Å². The second-order valence-electron chi connectivity index (χ2n) is 14.3. The summed E-state index contributed by atoms with van der Waals surface area (Å²) >= 11 is 0. The molecule has 0 amide bonds. The molecule has 2 heterocycles. The van der Waals surface area contributed by atoms with Crippen molar-refractivity contribution in [1.82, 2.24) is 0 Å². The largest absolute Gasteiger partial charge is 0.455 e. The van der Waals surface area contributed by atoms with Crippen molar-refractivity contribution in [2.24, 2.45) is 0 Å². The van der Waals surface area contributed by atoms with Gasteiger partial charge in [0.2, 0.25) is 0 Å². The number of furan rings is 2. The molecule has 0 spiro atoms. The third-order valence-corrected chi connectivity index (χ3v) is 10.9. The molecule has 0 bridgehead atoms. The number of rotatable bonds is 6. The molecule has 58 heavy (non-hydrogen) atoms. The topological polar surface area (TPSA) is 32.8 Å². The van der Waals surface area contributed by atoms with Gasteiger partial charge in [-0.3, -0.25) is 0 Å². The van der Waals surface area contributed by atoms with E-state index in [0.29, 0.717) is 0 Å². The molecule has 11 aromatic rings. The Labute approximate surface area is 328 Å². The first-order valence-electron chi connectivity index (χ1n) is 18.7. The first-order valence-corrected chi connectivity index (χ1v) is 18.7. The lowest BCUT2D eigenvalue weighted by atomic mass is 10.0. The fourth-order valence-corrected chi connectivity index (χ4v) is 8.21. The number of nitrogens with zero attached hydrogens (tertiary/aromatic N) is 2. The summed E-state index contributed by atoms with van der Waals surface area (Å²) in [5.41, 5.74) is 7.49. The Bertz CT molecular complexity index is 3060. The fourth-order valence-electron chi connectivity index (χ4n) is 8.21. The van der Waals surface area contributed by atoms with E-state index < -0.39 is 0 Å². The number of halogens is 4. The first-order chi connectivity index (χ1) is 28.4. The van der Waals surface area contributed by atoms with E-state index >= 15 is 0 Å². The Hall–Kier alpha value is -7.58. The maximum Gasteiger partial charge on any atom is 0.143 e. The number of anilines is 6. The van der Waals surface area contributed by atoms with Gasteiger partial charge in [0.25, 0.3) is 0 Å². The number of hydrogen-bond donors (Lipinski definition) is 0. The highest BCUT2D eigenvalue weighted by molar-refractivity contribution is 6.30. The van der Waals surface area contributed by atoms with Crippen molar-refractivity contribution >= 4 is 99.5 Å². The lowest BCUT2D eigenvalue weighted by Gasteiger charge is -2.25. The lowest BCUT2D eigenvalue weighted by molar-refractivity contribution is 0.627. The van der Waals surface area contributed by atoms with Gasteiger partial charge in [-0.25, -0.2) is 17.6 Å². The van der Waals surface area contributed by atoms with Crippen LogP contribution in [-0.2, 0) is 0 Å². The third-order valence-electron chi connectivity index (χ3n) is 10.9. The van der Waals surface area contributed by atoms with E-state index in [1.807, 2.05) is 58.3 Å². The molecule has 0 radical (unpaired) electrons. The van der Waals surface area contributed by atoms with Gasteiger partial charge in [-0.1, -0.05) is 12.1 Å². The average Bonchev–Trinajstić information content (AvgIpc) is 3.82. The molecule has 11 rings (SSSR count). The highest BCUT2D eigenvalue weighted by Gasteiger charge is 2.21. The molecule has 0 aliphatic carbocycles. The van der Waals surface area contributed by atoms with Crippen molar-refractivity contribution in [3.05, 3.63) is 193 Å². The average molecular weight is 765 g/mol. The van der Waals surface area contributed by atoms with Gasteiger partial charge < -0.3 is 18.6 Å². The maximum atomic E-state index is 13.9. The molecule has 0 saturated carbocycles. The zero-order chi connectivity index (χ0) is 39.1. The SMILES string of the molecule is Fc1ccc(N(c2ccc(F)cc2)c2ccc3c(ccc4c3oc3ccc5oc6c7ccc(N(c8ccc(F)cc8)c8ccc(F)cc8)cc7ccc6c5c34)c2)cc1. The van der Waals surface area contributed by atoms with Gasteiger partial charge >= 0.3 is 0 Å². The predicted molar refractivity (Wildman–Crippen MR) is 225 cm³/mol. The van der Waals surface area contributed by atoms with Crippen LogP contribution in [0.5, 0.6) is 0 Å². The van der Waals surface area contributed by atoms with Crippen molar-refractivity contribution < 1.29 is 26.4 Å². The molecule has 0 aliphatic rings. The number of benzene rings is 9. The van der Waals surface area contributed by atoms with Crippen LogP contribution >= 0.6 is 0 Å². The van der Waals surface area contributed by atoms with Crippen LogP contribution in [0.3, 0.4) is 0 Å². The summed E-state index contributed by atoms with van der Waals surface area (Å²) < 4.78 is 69.0. The maximum absolute atomic E-state index is 13.9. The van der Waals surface area contributed by atoms with Crippen LogP contribution in [0, 0.1) is 23.3 Å². The van der Waals surface area contributed by atoms with Crippen LogP contribution in [0.4, 0.5) is 51.7 Å². The molecule has 0 N–H and O–H groups in total. The Morgan fingerprint density at radius 1 is 0.293 bits per heavy atom. The molecule has 0 unspecified atom stereocenters. The quantitative estimate of drug-likeness (QED) is 0.158. The van der Waals surface area contributed by atoms with Gasteiger partial charge in [0.1, 0.15) is 45.6 Å². The Morgan fingerprint density at radius 3 is 0.914 bits per heavy atom. The zero-order valence-electron chi connectivity index (χ0n) is 30.4. The van der Waals surface area contributed by atoms with Crippen LogP contribution in [-0.4, -0.2) is 0 Å².